The van der Waals surface area contributed by atoms with Gasteiger partial charge in [0.15, 0.2) is 0 Å². The van der Waals surface area contributed by atoms with Crippen molar-refractivity contribution in [3.05, 3.63) is 5.21 Å². The van der Waals surface area contributed by atoms with Gasteiger partial charge in [-0.05, 0) is 19.3 Å². The molecule has 0 aromatic carbocycles. The summed E-state index contributed by atoms with van der Waals surface area (Å²) in [6, 6.07) is 0. The van der Waals surface area contributed by atoms with Crippen LogP contribution in [-0.4, -0.2) is 21.8 Å². The van der Waals surface area contributed by atoms with E-state index in [4.69, 9.17) is 0 Å². The van der Waals surface area contributed by atoms with Gasteiger partial charge < -0.3 is 5.21 Å². The van der Waals surface area contributed by atoms with Crippen LogP contribution in [0.15, 0.2) is 5.10 Å². The van der Waals surface area contributed by atoms with Crippen LogP contribution in [0.5, 0.6) is 0 Å². The van der Waals surface area contributed by atoms with Crippen molar-refractivity contribution in [2.24, 2.45) is 5.10 Å². The molecule has 0 saturated heterocycles. The molecule has 0 spiro atoms. The summed E-state index contributed by atoms with van der Waals surface area (Å²) in [6.45, 7) is 3.70. The van der Waals surface area contributed by atoms with Gasteiger partial charge >= 0.3 is 0 Å². The molecule has 1 saturated carbocycles. The molecule has 0 aromatic heterocycles. The van der Waals surface area contributed by atoms with Gasteiger partial charge in [-0.2, -0.15) is 9.84 Å². The molecule has 0 atom stereocenters. The first kappa shape index (κ1) is 8.53. The first-order valence-electron chi connectivity index (χ1n) is 4.78. The molecule has 1 aliphatic carbocycles. The van der Waals surface area contributed by atoms with E-state index in [-0.39, 0.29) is 0 Å². The van der Waals surface area contributed by atoms with Crippen molar-refractivity contribution in [2.45, 2.75) is 45.2 Å². The summed E-state index contributed by atoms with van der Waals surface area (Å²) >= 11 is 0. The van der Waals surface area contributed by atoms with Gasteiger partial charge in [0.25, 0.3) is 5.66 Å². The summed E-state index contributed by atoms with van der Waals surface area (Å²) in [5.74, 6) is 0. The third-order valence-electron chi connectivity index (χ3n) is 2.63. The fraction of sp³-hybridized carbons (Fsp3) is 0.778. The Kier molecular flexibility index (Phi) is 1.78. The quantitative estimate of drug-likeness (QED) is 0.451. The average molecular weight is 181 g/mol. The molecule has 0 radical (unpaired) electrons. The molecule has 0 bridgehead atoms. The molecule has 1 fully saturated rings. The minimum atomic E-state index is -0.573. The lowest BCUT2D eigenvalue weighted by Crippen LogP contribution is -2.53. The Bertz CT molecular complexity index is 291. The number of hydrazone groups is 1. The lowest BCUT2D eigenvalue weighted by Gasteiger charge is -2.31. The van der Waals surface area contributed by atoms with Crippen molar-refractivity contribution in [3.63, 3.8) is 0 Å². The first-order valence-corrected chi connectivity index (χ1v) is 4.78. The van der Waals surface area contributed by atoms with Crippen LogP contribution in [0.25, 0.3) is 0 Å². The molecule has 1 heterocycles. The minimum Gasteiger partial charge on any atom is -0.622 e. The van der Waals surface area contributed by atoms with Gasteiger partial charge in [-0.3, -0.25) is 0 Å². The van der Waals surface area contributed by atoms with Crippen molar-refractivity contribution >= 4 is 11.4 Å². The Hall–Kier alpha value is -1.06. The smallest absolute Gasteiger partial charge is 0.254 e. The molecule has 1 aliphatic heterocycles. The second-order valence-electron chi connectivity index (χ2n) is 4.18. The Morgan fingerprint density at radius 1 is 1.38 bits per heavy atom. The molecule has 1 N–H and O–H groups in total. The van der Waals surface area contributed by atoms with Crippen molar-refractivity contribution in [1.82, 2.24) is 5.43 Å². The van der Waals surface area contributed by atoms with Gasteiger partial charge in [0.2, 0.25) is 5.71 Å². The standard InChI is InChI=1S/C9H15N3O/c1-9(2)11-10-7-5-3-4-6-8(7)12(9)13/h11H,3-6H2,1-2H3. The van der Waals surface area contributed by atoms with Crippen LogP contribution in [0.3, 0.4) is 0 Å². The van der Waals surface area contributed by atoms with Gasteiger partial charge in [0.05, 0.1) is 0 Å². The van der Waals surface area contributed by atoms with Crippen LogP contribution in [0.1, 0.15) is 39.5 Å². The van der Waals surface area contributed by atoms with E-state index in [0.29, 0.717) is 0 Å². The highest BCUT2D eigenvalue weighted by atomic mass is 16.5. The number of hydrogen-bond donors (Lipinski definition) is 1. The number of hydroxylamine groups is 1. The second-order valence-corrected chi connectivity index (χ2v) is 4.18. The molecule has 72 valence electrons. The zero-order valence-corrected chi connectivity index (χ0v) is 8.13. The van der Waals surface area contributed by atoms with E-state index in [1.165, 1.54) is 0 Å². The highest BCUT2D eigenvalue weighted by Gasteiger charge is 2.36. The van der Waals surface area contributed by atoms with Gasteiger partial charge in [0.1, 0.15) is 5.71 Å². The fourth-order valence-corrected chi connectivity index (χ4v) is 1.80. The van der Waals surface area contributed by atoms with E-state index >= 15 is 0 Å². The number of nitrogens with zero attached hydrogens (tertiary/aromatic N) is 2. The molecule has 4 heteroatoms. The van der Waals surface area contributed by atoms with Gasteiger partial charge in [-0.25, -0.2) is 5.43 Å². The Balaban J connectivity index is 2.38. The van der Waals surface area contributed by atoms with Crippen molar-refractivity contribution in [3.8, 4) is 0 Å². The Labute approximate surface area is 77.9 Å². The molecular weight excluding hydrogens is 166 g/mol. The van der Waals surface area contributed by atoms with E-state index in [0.717, 1.165) is 41.8 Å². The second kappa shape index (κ2) is 2.72. The van der Waals surface area contributed by atoms with Gasteiger partial charge in [-0.15, -0.1) is 0 Å². The van der Waals surface area contributed by atoms with E-state index in [1.54, 1.807) is 0 Å². The molecular formula is C9H15N3O. The van der Waals surface area contributed by atoms with Crippen LogP contribution < -0.4 is 5.43 Å². The maximum atomic E-state index is 11.8. The normalized spacial score (nSPS) is 26.2. The lowest BCUT2D eigenvalue weighted by molar-refractivity contribution is -0.550. The SMILES string of the molecule is CC1(C)NN=C2CCCCC2=[N+]1[O-]. The minimum absolute atomic E-state index is 0.573. The average Bonchev–Trinajstić information content (AvgIpc) is 2.13. The van der Waals surface area contributed by atoms with Gasteiger partial charge in [-0.1, -0.05) is 0 Å². The number of fused-ring (bicyclic) bond motifs is 1. The third kappa shape index (κ3) is 1.30. The number of nitrogens with one attached hydrogen (secondary N) is 1. The fourth-order valence-electron chi connectivity index (χ4n) is 1.80. The molecule has 4 nitrogen and oxygen atoms in total. The highest BCUT2D eigenvalue weighted by Crippen LogP contribution is 2.19. The topological polar surface area (TPSA) is 50.5 Å². The van der Waals surface area contributed by atoms with E-state index in [1.807, 2.05) is 13.8 Å². The van der Waals surface area contributed by atoms with Crippen LogP contribution in [0.2, 0.25) is 0 Å². The Morgan fingerprint density at radius 2 is 2.08 bits per heavy atom. The summed E-state index contributed by atoms with van der Waals surface area (Å²) < 4.78 is 1.08. The molecule has 2 aliphatic rings. The van der Waals surface area contributed by atoms with Crippen molar-refractivity contribution in [1.29, 1.82) is 0 Å². The number of rotatable bonds is 0. The molecule has 0 aromatic rings. The van der Waals surface area contributed by atoms with E-state index in [2.05, 4.69) is 10.5 Å². The largest absolute Gasteiger partial charge is 0.622 e. The van der Waals surface area contributed by atoms with E-state index < -0.39 is 5.66 Å². The maximum Gasteiger partial charge on any atom is 0.254 e. The highest BCUT2D eigenvalue weighted by molar-refractivity contribution is 6.41. The molecule has 0 unspecified atom stereocenters. The predicted molar refractivity (Wildman–Crippen MR) is 51.8 cm³/mol. The van der Waals surface area contributed by atoms with Crippen LogP contribution in [-0.2, 0) is 0 Å². The summed E-state index contributed by atoms with van der Waals surface area (Å²) in [4.78, 5) is 0. The number of hydrogen-bond acceptors (Lipinski definition) is 3. The molecule has 13 heavy (non-hydrogen) atoms. The summed E-state index contributed by atoms with van der Waals surface area (Å²) in [5.41, 5.74) is 4.16. The first-order chi connectivity index (χ1) is 6.11. The van der Waals surface area contributed by atoms with Crippen molar-refractivity contribution < 1.29 is 4.74 Å². The summed E-state index contributed by atoms with van der Waals surface area (Å²) in [5, 5.41) is 16.1. The zero-order chi connectivity index (χ0) is 9.47. The zero-order valence-electron chi connectivity index (χ0n) is 8.13. The Morgan fingerprint density at radius 3 is 2.85 bits per heavy atom. The van der Waals surface area contributed by atoms with Crippen LogP contribution in [0, 0.1) is 5.21 Å². The third-order valence-corrected chi connectivity index (χ3v) is 2.63. The molecule has 0 amide bonds. The monoisotopic (exact) mass is 181 g/mol. The van der Waals surface area contributed by atoms with Crippen LogP contribution >= 0.6 is 0 Å². The van der Waals surface area contributed by atoms with E-state index in [9.17, 15) is 5.21 Å². The van der Waals surface area contributed by atoms with Gasteiger partial charge in [0, 0.05) is 20.3 Å². The molecule has 2 rings (SSSR count). The predicted octanol–water partition coefficient (Wildman–Crippen LogP) is 1.21. The van der Waals surface area contributed by atoms with Crippen molar-refractivity contribution in [2.75, 3.05) is 0 Å². The summed E-state index contributed by atoms with van der Waals surface area (Å²) in [6.07, 6.45) is 4.09. The lowest BCUT2D eigenvalue weighted by atomic mass is 9.95. The summed E-state index contributed by atoms with van der Waals surface area (Å²) in [7, 11) is 0. The maximum absolute atomic E-state index is 11.8. The van der Waals surface area contributed by atoms with Crippen LogP contribution in [0.4, 0.5) is 0 Å².